The molecule has 1 aliphatic rings. The van der Waals surface area contributed by atoms with Gasteiger partial charge < -0.3 is 5.73 Å². The number of nitrogen functional groups attached to an aromatic ring is 1. The summed E-state index contributed by atoms with van der Waals surface area (Å²) < 4.78 is 1.92. The molecule has 0 amide bonds. The van der Waals surface area contributed by atoms with Crippen LogP contribution < -0.4 is 5.73 Å². The number of anilines is 1. The molecule has 0 atom stereocenters. The Morgan fingerprint density at radius 2 is 2.06 bits per heavy atom. The summed E-state index contributed by atoms with van der Waals surface area (Å²) in [4.78, 5) is 1.70. The van der Waals surface area contributed by atoms with Gasteiger partial charge in [-0.25, -0.2) is 4.68 Å². The number of nitrogens with zero attached hydrogens (tertiary/aromatic N) is 5. The van der Waals surface area contributed by atoms with Crippen LogP contribution in [0, 0.1) is 6.92 Å². The molecule has 0 spiro atoms. The number of aryl methyl sites for hydroxylation is 1. The van der Waals surface area contributed by atoms with Crippen LogP contribution in [-0.4, -0.2) is 24.8 Å². The predicted octanol–water partition coefficient (Wildman–Crippen LogP) is 1.48. The van der Waals surface area contributed by atoms with Gasteiger partial charge in [0.15, 0.2) is 0 Å². The van der Waals surface area contributed by atoms with E-state index < -0.39 is 0 Å². The van der Waals surface area contributed by atoms with E-state index in [4.69, 9.17) is 5.73 Å². The highest BCUT2D eigenvalue weighted by molar-refractivity contribution is 5.35. The van der Waals surface area contributed by atoms with E-state index in [1.54, 1.807) is 11.0 Å². The highest BCUT2D eigenvalue weighted by atomic mass is 15.5. The molecule has 2 aromatic rings. The minimum absolute atomic E-state index is 0.386. The third kappa shape index (κ3) is 1.68. The standard InChI is InChI=1S/C12H18N6/c1-8-7-14-18(15-8)12(2,3)10-6-11(13)17(16-10)9-4-5-9/h6-7,9H,4-5,13H2,1-3H3. The lowest BCUT2D eigenvalue weighted by Crippen LogP contribution is -2.30. The minimum atomic E-state index is -0.386. The molecule has 0 aliphatic heterocycles. The molecular formula is C12H18N6. The van der Waals surface area contributed by atoms with Crippen LogP contribution >= 0.6 is 0 Å². The second-order valence-electron chi connectivity index (χ2n) is 5.46. The molecule has 0 saturated heterocycles. The molecule has 3 rings (SSSR count). The Balaban J connectivity index is 2.00. The SMILES string of the molecule is Cc1cnn(C(C)(C)c2cc(N)n(C3CC3)n2)n1. The van der Waals surface area contributed by atoms with Crippen LogP contribution in [0.25, 0.3) is 0 Å². The fraction of sp³-hybridized carbons (Fsp3) is 0.583. The van der Waals surface area contributed by atoms with E-state index in [2.05, 4.69) is 15.3 Å². The highest BCUT2D eigenvalue weighted by Gasteiger charge is 2.32. The summed E-state index contributed by atoms with van der Waals surface area (Å²) in [6.45, 7) is 6.02. The van der Waals surface area contributed by atoms with E-state index in [1.165, 1.54) is 12.8 Å². The Morgan fingerprint density at radius 3 is 2.61 bits per heavy atom. The third-order valence-electron chi connectivity index (χ3n) is 3.39. The zero-order valence-electron chi connectivity index (χ0n) is 11.0. The number of nitrogens with two attached hydrogens (primary N) is 1. The maximum Gasteiger partial charge on any atom is 0.122 e. The molecule has 18 heavy (non-hydrogen) atoms. The second kappa shape index (κ2) is 3.57. The lowest BCUT2D eigenvalue weighted by Gasteiger charge is -2.21. The minimum Gasteiger partial charge on any atom is -0.384 e. The van der Waals surface area contributed by atoms with Crippen molar-refractivity contribution in [3.8, 4) is 0 Å². The van der Waals surface area contributed by atoms with Crippen molar-refractivity contribution in [3.63, 3.8) is 0 Å². The van der Waals surface area contributed by atoms with Gasteiger partial charge >= 0.3 is 0 Å². The molecular weight excluding hydrogens is 228 g/mol. The number of hydrogen-bond acceptors (Lipinski definition) is 4. The molecule has 0 radical (unpaired) electrons. The largest absolute Gasteiger partial charge is 0.384 e. The lowest BCUT2D eigenvalue weighted by atomic mass is 10.0. The van der Waals surface area contributed by atoms with Crippen LogP contribution in [0.5, 0.6) is 0 Å². The van der Waals surface area contributed by atoms with Gasteiger partial charge in [0.25, 0.3) is 0 Å². The van der Waals surface area contributed by atoms with Crippen molar-refractivity contribution in [1.29, 1.82) is 0 Å². The van der Waals surface area contributed by atoms with E-state index in [0.29, 0.717) is 6.04 Å². The molecule has 1 aliphatic carbocycles. The van der Waals surface area contributed by atoms with E-state index in [1.807, 2.05) is 31.5 Å². The number of hydrogen-bond donors (Lipinski definition) is 1. The van der Waals surface area contributed by atoms with Crippen LogP contribution in [0.4, 0.5) is 5.82 Å². The average Bonchev–Trinajstić information content (AvgIpc) is 2.93. The molecule has 2 heterocycles. The van der Waals surface area contributed by atoms with Crippen LogP contribution in [0.2, 0.25) is 0 Å². The molecule has 6 nitrogen and oxygen atoms in total. The summed E-state index contributed by atoms with van der Waals surface area (Å²) in [6.07, 6.45) is 4.10. The number of aromatic nitrogens is 5. The van der Waals surface area contributed by atoms with E-state index in [0.717, 1.165) is 17.2 Å². The van der Waals surface area contributed by atoms with Crippen LogP contribution in [0.15, 0.2) is 12.3 Å². The zero-order valence-corrected chi connectivity index (χ0v) is 11.0. The zero-order chi connectivity index (χ0) is 12.9. The number of rotatable bonds is 3. The first-order chi connectivity index (χ1) is 8.48. The summed E-state index contributed by atoms with van der Waals surface area (Å²) >= 11 is 0. The molecule has 2 aromatic heterocycles. The Hall–Kier alpha value is -1.85. The van der Waals surface area contributed by atoms with Gasteiger partial charge in [-0.05, 0) is 33.6 Å². The Kier molecular flexibility index (Phi) is 2.23. The smallest absolute Gasteiger partial charge is 0.122 e. The summed E-state index contributed by atoms with van der Waals surface area (Å²) in [5.41, 5.74) is 7.43. The highest BCUT2D eigenvalue weighted by Crippen LogP contribution is 2.37. The molecule has 1 saturated carbocycles. The van der Waals surface area contributed by atoms with Gasteiger partial charge in [-0.3, -0.25) is 0 Å². The molecule has 2 N–H and O–H groups in total. The Morgan fingerprint density at radius 1 is 1.33 bits per heavy atom. The third-order valence-corrected chi connectivity index (χ3v) is 3.39. The van der Waals surface area contributed by atoms with Crippen molar-refractivity contribution in [2.24, 2.45) is 0 Å². The summed E-state index contributed by atoms with van der Waals surface area (Å²) in [5.74, 6) is 0.726. The molecule has 1 fully saturated rings. The molecule has 96 valence electrons. The van der Waals surface area contributed by atoms with Crippen molar-refractivity contribution >= 4 is 5.82 Å². The van der Waals surface area contributed by atoms with Gasteiger partial charge in [0.05, 0.1) is 23.6 Å². The summed E-state index contributed by atoms with van der Waals surface area (Å²) in [5, 5.41) is 13.3. The monoisotopic (exact) mass is 246 g/mol. The van der Waals surface area contributed by atoms with E-state index in [-0.39, 0.29) is 5.54 Å². The molecule has 6 heteroatoms. The summed E-state index contributed by atoms with van der Waals surface area (Å²) in [7, 11) is 0. The maximum atomic E-state index is 6.01. The van der Waals surface area contributed by atoms with Gasteiger partial charge in [0.2, 0.25) is 0 Å². The van der Waals surface area contributed by atoms with Gasteiger partial charge in [-0.15, -0.1) is 0 Å². The first-order valence-corrected chi connectivity index (χ1v) is 6.23. The van der Waals surface area contributed by atoms with Crippen molar-refractivity contribution in [3.05, 3.63) is 23.7 Å². The van der Waals surface area contributed by atoms with Crippen molar-refractivity contribution in [2.75, 3.05) is 5.73 Å². The van der Waals surface area contributed by atoms with Gasteiger partial charge in [-0.1, -0.05) is 0 Å². The topological polar surface area (TPSA) is 74.6 Å². The van der Waals surface area contributed by atoms with Crippen LogP contribution in [0.1, 0.15) is 44.1 Å². The first-order valence-electron chi connectivity index (χ1n) is 6.23. The Bertz CT molecular complexity index is 575. The summed E-state index contributed by atoms with van der Waals surface area (Å²) in [6, 6.07) is 2.42. The fourth-order valence-electron chi connectivity index (χ4n) is 2.03. The Labute approximate surface area is 106 Å². The maximum absolute atomic E-state index is 6.01. The normalized spacial score (nSPS) is 16.2. The predicted molar refractivity (Wildman–Crippen MR) is 68.1 cm³/mol. The second-order valence-corrected chi connectivity index (χ2v) is 5.46. The van der Waals surface area contributed by atoms with E-state index >= 15 is 0 Å². The van der Waals surface area contributed by atoms with Crippen molar-refractivity contribution in [2.45, 2.75) is 45.2 Å². The quantitative estimate of drug-likeness (QED) is 0.890. The first kappa shape index (κ1) is 11.3. The lowest BCUT2D eigenvalue weighted by molar-refractivity contribution is 0.330. The van der Waals surface area contributed by atoms with Gasteiger partial charge in [0, 0.05) is 6.07 Å². The fourth-order valence-corrected chi connectivity index (χ4v) is 2.03. The van der Waals surface area contributed by atoms with Crippen molar-refractivity contribution in [1.82, 2.24) is 24.8 Å². The molecule has 0 aromatic carbocycles. The molecule has 0 bridgehead atoms. The average molecular weight is 246 g/mol. The van der Waals surface area contributed by atoms with Crippen LogP contribution in [0.3, 0.4) is 0 Å². The van der Waals surface area contributed by atoms with Gasteiger partial charge in [-0.2, -0.15) is 20.1 Å². The van der Waals surface area contributed by atoms with E-state index in [9.17, 15) is 0 Å². The van der Waals surface area contributed by atoms with Gasteiger partial charge in [0.1, 0.15) is 11.4 Å². The van der Waals surface area contributed by atoms with Crippen molar-refractivity contribution < 1.29 is 0 Å². The molecule has 0 unspecified atom stereocenters. The van der Waals surface area contributed by atoms with Crippen LogP contribution in [-0.2, 0) is 5.54 Å².